The summed E-state index contributed by atoms with van der Waals surface area (Å²) in [5, 5.41) is 18.6. The molecule has 0 unspecified atom stereocenters. The highest BCUT2D eigenvalue weighted by Crippen LogP contribution is 2.26. The molecule has 0 spiro atoms. The van der Waals surface area contributed by atoms with Gasteiger partial charge in [-0.15, -0.1) is 0 Å². The van der Waals surface area contributed by atoms with E-state index in [4.69, 9.17) is 9.84 Å². The normalized spacial score (nSPS) is 10.5. The number of pyridine rings is 1. The van der Waals surface area contributed by atoms with Gasteiger partial charge in [0.1, 0.15) is 11.4 Å². The van der Waals surface area contributed by atoms with Crippen molar-refractivity contribution in [3.8, 4) is 11.1 Å². The van der Waals surface area contributed by atoms with Gasteiger partial charge in [0.05, 0.1) is 6.61 Å². The van der Waals surface area contributed by atoms with Crippen molar-refractivity contribution in [2.24, 2.45) is 0 Å². The van der Waals surface area contributed by atoms with Gasteiger partial charge in [-0.3, -0.25) is 4.79 Å². The predicted molar refractivity (Wildman–Crippen MR) is 118 cm³/mol. The molecule has 3 aromatic rings. The molecular weight excluding hydrogens is 412 g/mol. The summed E-state index contributed by atoms with van der Waals surface area (Å²) in [5.41, 5.74) is 2.33. The Morgan fingerprint density at radius 2 is 1.62 bits per heavy atom. The third kappa shape index (κ3) is 5.16. The van der Waals surface area contributed by atoms with Gasteiger partial charge in [-0.1, -0.05) is 48.5 Å². The zero-order valence-electron chi connectivity index (χ0n) is 17.4. The first-order chi connectivity index (χ1) is 15.4. The van der Waals surface area contributed by atoms with Gasteiger partial charge in [-0.05, 0) is 28.8 Å². The van der Waals surface area contributed by atoms with Gasteiger partial charge in [-0.25, -0.2) is 14.6 Å². The number of hydrogen-bond acceptors (Lipinski definition) is 6. The van der Waals surface area contributed by atoms with Gasteiger partial charge < -0.3 is 19.8 Å². The van der Waals surface area contributed by atoms with Crippen LogP contribution in [0.4, 0.5) is 5.82 Å². The lowest BCUT2D eigenvalue weighted by Gasteiger charge is -2.25. The highest BCUT2D eigenvalue weighted by Gasteiger charge is 2.20. The number of ether oxygens (including phenoxy) is 1. The van der Waals surface area contributed by atoms with Gasteiger partial charge in [0.25, 0.3) is 5.78 Å². The molecule has 0 saturated carbocycles. The van der Waals surface area contributed by atoms with Crippen LogP contribution >= 0.6 is 0 Å². The van der Waals surface area contributed by atoms with Gasteiger partial charge >= 0.3 is 11.9 Å². The van der Waals surface area contributed by atoms with E-state index in [2.05, 4.69) is 4.98 Å². The van der Waals surface area contributed by atoms with Crippen LogP contribution in [-0.2, 0) is 16.1 Å². The molecule has 0 saturated heterocycles. The van der Waals surface area contributed by atoms with Crippen molar-refractivity contribution in [3.63, 3.8) is 0 Å². The molecule has 1 aromatic heterocycles. The molecule has 0 aliphatic carbocycles. The van der Waals surface area contributed by atoms with E-state index >= 15 is 0 Å². The van der Waals surface area contributed by atoms with Crippen molar-refractivity contribution in [2.45, 2.75) is 6.54 Å². The van der Waals surface area contributed by atoms with Crippen LogP contribution in [0.1, 0.15) is 26.3 Å². The number of rotatable bonds is 10. The van der Waals surface area contributed by atoms with Crippen molar-refractivity contribution >= 4 is 23.5 Å². The number of nitrogens with zero attached hydrogens (tertiary/aromatic N) is 2. The number of aromatic nitrogens is 1. The summed E-state index contributed by atoms with van der Waals surface area (Å²) in [5.74, 6) is -3.19. The molecular formula is C24H22N2O6. The number of carboxylic acids is 2. The van der Waals surface area contributed by atoms with Crippen molar-refractivity contribution in [1.82, 2.24) is 4.98 Å². The maximum atomic E-state index is 12.0. The average molecular weight is 434 g/mol. The maximum Gasteiger partial charge on any atom is 0.377 e. The number of aliphatic carboxylic acids is 1. The Morgan fingerprint density at radius 3 is 2.28 bits per heavy atom. The molecule has 8 nitrogen and oxygen atoms in total. The van der Waals surface area contributed by atoms with E-state index in [0.29, 0.717) is 36.6 Å². The largest absolute Gasteiger partial charge is 0.478 e. The molecule has 2 N–H and O–H groups in total. The Kier molecular flexibility index (Phi) is 7.30. The van der Waals surface area contributed by atoms with Gasteiger partial charge in [0.15, 0.2) is 0 Å². The molecule has 0 bridgehead atoms. The van der Waals surface area contributed by atoms with Crippen LogP contribution in [0.5, 0.6) is 0 Å². The summed E-state index contributed by atoms with van der Waals surface area (Å²) in [6.07, 6.45) is 1.54. The van der Waals surface area contributed by atoms with E-state index in [-0.39, 0.29) is 11.1 Å². The zero-order chi connectivity index (χ0) is 23.1. The average Bonchev–Trinajstić information content (AvgIpc) is 2.81. The number of aromatic carboxylic acids is 1. The SMILES string of the molecule is COCCN(Cc1ccc(-c2ccccc2C(=O)C(=O)O)cc1)c1ncccc1C(=O)O. The number of ketones is 1. The number of Topliss-reactive ketones (excluding diaryl/α,β-unsaturated/α-hetero) is 1. The Morgan fingerprint density at radius 1 is 0.938 bits per heavy atom. The van der Waals surface area contributed by atoms with Gasteiger partial charge in [0.2, 0.25) is 0 Å². The second kappa shape index (κ2) is 10.3. The Labute approximate surface area is 184 Å². The lowest BCUT2D eigenvalue weighted by molar-refractivity contribution is -0.131. The highest BCUT2D eigenvalue weighted by atomic mass is 16.5. The number of benzene rings is 2. The summed E-state index contributed by atoms with van der Waals surface area (Å²) < 4.78 is 5.17. The molecule has 0 aliphatic rings. The molecule has 1 heterocycles. The summed E-state index contributed by atoms with van der Waals surface area (Å²) >= 11 is 0. The highest BCUT2D eigenvalue weighted by molar-refractivity contribution is 6.41. The molecule has 2 aromatic carbocycles. The van der Waals surface area contributed by atoms with Crippen LogP contribution in [0.2, 0.25) is 0 Å². The number of carbonyl (C=O) groups excluding carboxylic acids is 1. The van der Waals surface area contributed by atoms with E-state index in [0.717, 1.165) is 5.56 Å². The first-order valence-corrected chi connectivity index (χ1v) is 9.80. The minimum absolute atomic E-state index is 0.0985. The van der Waals surface area contributed by atoms with Crippen LogP contribution < -0.4 is 4.90 Å². The number of carbonyl (C=O) groups is 3. The van der Waals surface area contributed by atoms with Crippen LogP contribution in [0.25, 0.3) is 11.1 Å². The quantitative estimate of drug-likeness (QED) is 0.368. The van der Waals surface area contributed by atoms with E-state index in [1.165, 1.54) is 12.1 Å². The van der Waals surface area contributed by atoms with Crippen LogP contribution in [0.3, 0.4) is 0 Å². The second-order valence-corrected chi connectivity index (χ2v) is 6.97. The fraction of sp³-hybridized carbons (Fsp3) is 0.167. The summed E-state index contributed by atoms with van der Waals surface area (Å²) in [7, 11) is 1.57. The minimum atomic E-state index is -1.51. The molecule has 3 rings (SSSR count). The Bertz CT molecular complexity index is 1130. The minimum Gasteiger partial charge on any atom is -0.478 e. The standard InChI is InChI=1S/C24H22N2O6/c1-32-14-13-26(22-20(23(28)29)7-4-12-25-22)15-16-8-10-17(11-9-16)18-5-2-3-6-19(18)21(27)24(30)31/h2-12H,13-15H2,1H3,(H,28,29)(H,30,31). The third-order valence-electron chi connectivity index (χ3n) is 4.89. The summed E-state index contributed by atoms with van der Waals surface area (Å²) in [6, 6.07) is 16.9. The van der Waals surface area contributed by atoms with Crippen LogP contribution in [0, 0.1) is 0 Å². The first kappa shape index (κ1) is 22.6. The fourth-order valence-electron chi connectivity index (χ4n) is 3.34. The predicted octanol–water partition coefficient (Wildman–Crippen LogP) is 3.37. The van der Waals surface area contributed by atoms with E-state index in [9.17, 15) is 19.5 Å². The van der Waals surface area contributed by atoms with Gasteiger partial charge in [-0.2, -0.15) is 0 Å². The number of carboxylic acid groups (broad SMARTS) is 2. The van der Waals surface area contributed by atoms with Crippen molar-refractivity contribution in [1.29, 1.82) is 0 Å². The molecule has 164 valence electrons. The Balaban J connectivity index is 1.89. The second-order valence-electron chi connectivity index (χ2n) is 6.97. The number of hydrogen-bond donors (Lipinski definition) is 2. The van der Waals surface area contributed by atoms with E-state index in [1.54, 1.807) is 49.7 Å². The summed E-state index contributed by atoms with van der Waals surface area (Å²) in [4.78, 5) is 40.9. The fourth-order valence-corrected chi connectivity index (χ4v) is 3.34. The van der Waals surface area contributed by atoms with Crippen LogP contribution in [-0.4, -0.2) is 53.2 Å². The molecule has 32 heavy (non-hydrogen) atoms. The molecule has 0 fully saturated rings. The third-order valence-corrected chi connectivity index (χ3v) is 4.89. The molecule has 0 aliphatic heterocycles. The topological polar surface area (TPSA) is 117 Å². The molecule has 0 atom stereocenters. The van der Waals surface area contributed by atoms with Crippen molar-refractivity contribution in [2.75, 3.05) is 25.2 Å². The monoisotopic (exact) mass is 434 g/mol. The number of methoxy groups -OCH3 is 1. The Hall–Kier alpha value is -4.04. The lowest BCUT2D eigenvalue weighted by atomic mass is 9.96. The first-order valence-electron chi connectivity index (χ1n) is 9.80. The lowest BCUT2D eigenvalue weighted by Crippen LogP contribution is -2.29. The van der Waals surface area contributed by atoms with E-state index < -0.39 is 17.7 Å². The molecule has 8 heteroatoms. The van der Waals surface area contributed by atoms with E-state index in [1.807, 2.05) is 17.0 Å². The van der Waals surface area contributed by atoms with Crippen molar-refractivity contribution in [3.05, 3.63) is 83.6 Å². The zero-order valence-corrected chi connectivity index (χ0v) is 17.4. The number of anilines is 1. The summed E-state index contributed by atoms with van der Waals surface area (Å²) in [6.45, 7) is 1.21. The van der Waals surface area contributed by atoms with Crippen molar-refractivity contribution < 1.29 is 29.3 Å². The maximum absolute atomic E-state index is 12.0. The van der Waals surface area contributed by atoms with Crippen LogP contribution in [0.15, 0.2) is 66.9 Å². The molecule has 0 amide bonds. The molecule has 0 radical (unpaired) electrons. The van der Waals surface area contributed by atoms with Gasteiger partial charge in [0, 0.05) is 32.0 Å². The smallest absolute Gasteiger partial charge is 0.377 e.